The third-order valence-corrected chi connectivity index (χ3v) is 4.69. The van der Waals surface area contributed by atoms with Crippen LogP contribution < -0.4 is 16.4 Å². The van der Waals surface area contributed by atoms with Gasteiger partial charge in [0.1, 0.15) is 24.5 Å². The predicted molar refractivity (Wildman–Crippen MR) is 82.0 cm³/mol. The Kier molecular flexibility index (Phi) is 4.20. The minimum absolute atomic E-state index is 0.0473. The Balaban J connectivity index is 1.87. The van der Waals surface area contributed by atoms with Crippen LogP contribution in [0, 0.1) is 0 Å². The summed E-state index contributed by atoms with van der Waals surface area (Å²) >= 11 is 1.33. The lowest BCUT2D eigenvalue weighted by molar-refractivity contribution is -0.117. The summed E-state index contributed by atoms with van der Waals surface area (Å²) in [4.78, 5) is 36.4. The molecule has 0 atom stereocenters. The van der Waals surface area contributed by atoms with Crippen LogP contribution in [0.3, 0.4) is 0 Å². The fourth-order valence-corrected chi connectivity index (χ4v) is 3.84. The maximum absolute atomic E-state index is 12.2. The molecule has 0 saturated carbocycles. The number of fused-ring (bicyclic) bond motifs is 1. The number of imide groups is 1. The molecule has 122 valence electrons. The van der Waals surface area contributed by atoms with Crippen molar-refractivity contribution in [3.05, 3.63) is 28.0 Å². The van der Waals surface area contributed by atoms with Crippen molar-refractivity contribution in [2.45, 2.75) is 19.3 Å². The van der Waals surface area contributed by atoms with Crippen molar-refractivity contribution < 1.29 is 23.9 Å². The summed E-state index contributed by atoms with van der Waals surface area (Å²) in [5, 5.41) is 5.09. The number of primary amides is 1. The lowest BCUT2D eigenvalue weighted by Crippen LogP contribution is -2.35. The number of hydrogen-bond acceptors (Lipinski definition) is 6. The highest BCUT2D eigenvalue weighted by Gasteiger charge is 2.29. The van der Waals surface area contributed by atoms with Crippen molar-refractivity contribution in [1.82, 2.24) is 5.32 Å². The molecule has 1 aromatic heterocycles. The Morgan fingerprint density at radius 1 is 1.17 bits per heavy atom. The summed E-state index contributed by atoms with van der Waals surface area (Å²) in [7, 11) is 0. The molecule has 0 aromatic carbocycles. The SMILES string of the molecule is NC(=O)NC(=O)c1c(NC(=O)C2=COCCO2)sc2c1CCC2. The highest BCUT2D eigenvalue weighted by Crippen LogP contribution is 2.39. The molecule has 3 rings (SSSR count). The van der Waals surface area contributed by atoms with E-state index in [0.717, 1.165) is 29.7 Å². The van der Waals surface area contributed by atoms with Gasteiger partial charge in [0.15, 0.2) is 0 Å². The maximum Gasteiger partial charge on any atom is 0.319 e. The first kappa shape index (κ1) is 15.3. The summed E-state index contributed by atoms with van der Waals surface area (Å²) in [6.07, 6.45) is 3.75. The number of nitrogens with two attached hydrogens (primary N) is 1. The van der Waals surface area contributed by atoms with E-state index in [9.17, 15) is 14.4 Å². The van der Waals surface area contributed by atoms with Gasteiger partial charge in [0.05, 0.1) is 5.56 Å². The van der Waals surface area contributed by atoms with Gasteiger partial charge in [-0.2, -0.15) is 0 Å². The number of aryl methyl sites for hydroxylation is 1. The highest BCUT2D eigenvalue weighted by atomic mass is 32.1. The minimum Gasteiger partial charge on any atom is -0.494 e. The molecule has 2 heterocycles. The molecule has 0 saturated heterocycles. The number of carbonyl (C=O) groups is 3. The van der Waals surface area contributed by atoms with E-state index < -0.39 is 17.8 Å². The average Bonchev–Trinajstić information content (AvgIpc) is 3.07. The lowest BCUT2D eigenvalue weighted by Gasteiger charge is -2.15. The lowest BCUT2D eigenvalue weighted by atomic mass is 10.1. The molecule has 9 heteroatoms. The number of thiophene rings is 1. The molecule has 0 fully saturated rings. The Bertz CT molecular complexity index is 710. The second-order valence-electron chi connectivity index (χ2n) is 5.04. The Labute approximate surface area is 135 Å². The van der Waals surface area contributed by atoms with Crippen molar-refractivity contribution in [3.8, 4) is 0 Å². The smallest absolute Gasteiger partial charge is 0.319 e. The fraction of sp³-hybridized carbons (Fsp3) is 0.357. The highest BCUT2D eigenvalue weighted by molar-refractivity contribution is 7.17. The van der Waals surface area contributed by atoms with E-state index in [0.29, 0.717) is 17.2 Å². The Hall–Kier alpha value is -2.55. The monoisotopic (exact) mass is 337 g/mol. The van der Waals surface area contributed by atoms with Crippen molar-refractivity contribution in [3.63, 3.8) is 0 Å². The summed E-state index contributed by atoms with van der Waals surface area (Å²) in [6, 6.07) is -0.933. The molecule has 4 amide bonds. The van der Waals surface area contributed by atoms with Gasteiger partial charge in [-0.3, -0.25) is 14.9 Å². The van der Waals surface area contributed by atoms with Gasteiger partial charge >= 0.3 is 6.03 Å². The number of carbonyl (C=O) groups excluding carboxylic acids is 3. The van der Waals surface area contributed by atoms with Gasteiger partial charge in [-0.25, -0.2) is 4.79 Å². The topological polar surface area (TPSA) is 120 Å². The van der Waals surface area contributed by atoms with E-state index in [1.54, 1.807) is 0 Å². The van der Waals surface area contributed by atoms with E-state index >= 15 is 0 Å². The van der Waals surface area contributed by atoms with Crippen LogP contribution in [-0.2, 0) is 27.1 Å². The van der Waals surface area contributed by atoms with Crippen LogP contribution in [0.25, 0.3) is 0 Å². The molecule has 0 unspecified atom stereocenters. The minimum atomic E-state index is -0.933. The average molecular weight is 337 g/mol. The maximum atomic E-state index is 12.2. The predicted octanol–water partition coefficient (Wildman–Crippen LogP) is 0.872. The molecule has 23 heavy (non-hydrogen) atoms. The van der Waals surface area contributed by atoms with E-state index in [4.69, 9.17) is 15.2 Å². The molecule has 1 aliphatic carbocycles. The zero-order valence-corrected chi connectivity index (χ0v) is 13.0. The molecule has 8 nitrogen and oxygen atoms in total. The zero-order chi connectivity index (χ0) is 16.4. The van der Waals surface area contributed by atoms with E-state index in [1.165, 1.54) is 17.6 Å². The van der Waals surface area contributed by atoms with Crippen LogP contribution in [0.5, 0.6) is 0 Å². The number of amides is 4. The van der Waals surface area contributed by atoms with Crippen molar-refractivity contribution in [2.75, 3.05) is 18.5 Å². The summed E-state index contributed by atoms with van der Waals surface area (Å²) in [5.74, 6) is -1.06. The largest absolute Gasteiger partial charge is 0.494 e. The summed E-state index contributed by atoms with van der Waals surface area (Å²) in [6.45, 7) is 0.672. The number of anilines is 1. The van der Waals surface area contributed by atoms with Gasteiger partial charge in [0.2, 0.25) is 5.76 Å². The second kappa shape index (κ2) is 6.29. The Morgan fingerprint density at radius 3 is 2.70 bits per heavy atom. The summed E-state index contributed by atoms with van der Waals surface area (Å²) < 4.78 is 10.3. The van der Waals surface area contributed by atoms with E-state index in [-0.39, 0.29) is 12.4 Å². The Morgan fingerprint density at radius 2 is 2.00 bits per heavy atom. The number of ether oxygens (including phenoxy) is 2. The normalized spacial score (nSPS) is 15.7. The molecule has 0 radical (unpaired) electrons. The van der Waals surface area contributed by atoms with Gasteiger partial charge in [-0.05, 0) is 24.8 Å². The van der Waals surface area contributed by atoms with Gasteiger partial charge in [0, 0.05) is 4.88 Å². The first-order valence-electron chi connectivity index (χ1n) is 7.07. The second-order valence-corrected chi connectivity index (χ2v) is 6.14. The standard InChI is InChI=1S/C14H15N3O5S/c15-14(20)17-12(19)10-7-2-1-3-9(7)23-13(10)16-11(18)8-6-21-4-5-22-8/h6H,1-5H2,(H,16,18)(H3,15,17,19,20). The van der Waals surface area contributed by atoms with Gasteiger partial charge in [-0.1, -0.05) is 0 Å². The molecule has 1 aliphatic heterocycles. The fourth-order valence-electron chi connectivity index (χ4n) is 2.56. The van der Waals surface area contributed by atoms with Crippen LogP contribution in [0.4, 0.5) is 9.80 Å². The van der Waals surface area contributed by atoms with Crippen molar-refractivity contribution in [2.24, 2.45) is 5.73 Å². The van der Waals surface area contributed by atoms with Crippen molar-refractivity contribution >= 4 is 34.2 Å². The molecule has 0 bridgehead atoms. The molecule has 0 spiro atoms. The number of urea groups is 1. The van der Waals surface area contributed by atoms with Gasteiger partial charge in [-0.15, -0.1) is 11.3 Å². The molecule has 2 aliphatic rings. The van der Waals surface area contributed by atoms with Gasteiger partial charge in [0.25, 0.3) is 11.8 Å². The third-order valence-electron chi connectivity index (χ3n) is 3.49. The first-order valence-corrected chi connectivity index (χ1v) is 7.89. The van der Waals surface area contributed by atoms with E-state index in [2.05, 4.69) is 10.6 Å². The molecule has 4 N–H and O–H groups in total. The zero-order valence-electron chi connectivity index (χ0n) is 12.1. The molecule has 1 aromatic rings. The number of rotatable bonds is 3. The van der Waals surface area contributed by atoms with Crippen LogP contribution in [0.1, 0.15) is 27.2 Å². The third kappa shape index (κ3) is 3.14. The number of hydrogen-bond donors (Lipinski definition) is 3. The van der Waals surface area contributed by atoms with Crippen molar-refractivity contribution in [1.29, 1.82) is 0 Å². The molecular weight excluding hydrogens is 322 g/mol. The summed E-state index contributed by atoms with van der Waals surface area (Å²) in [5.41, 5.74) is 6.17. The first-order chi connectivity index (χ1) is 11.1. The van der Waals surface area contributed by atoms with Crippen LogP contribution >= 0.6 is 11.3 Å². The molecular formula is C14H15N3O5S. The van der Waals surface area contributed by atoms with Crippen LogP contribution in [0.15, 0.2) is 12.0 Å². The van der Waals surface area contributed by atoms with E-state index in [1.807, 2.05) is 0 Å². The number of nitrogens with one attached hydrogen (secondary N) is 2. The quantitative estimate of drug-likeness (QED) is 0.756. The van der Waals surface area contributed by atoms with Gasteiger partial charge < -0.3 is 20.5 Å². The van der Waals surface area contributed by atoms with Crippen LogP contribution in [-0.4, -0.2) is 31.1 Å². The van der Waals surface area contributed by atoms with Crippen LogP contribution in [0.2, 0.25) is 0 Å².